The Morgan fingerprint density at radius 2 is 1.67 bits per heavy atom. The maximum Gasteiger partial charge on any atom is 0.203 e. The average molecular weight is 405 g/mol. The molecular weight excluding hydrogens is 381 g/mol. The summed E-state index contributed by atoms with van der Waals surface area (Å²) in [5, 5.41) is 19.2. The zero-order valence-electron chi connectivity index (χ0n) is 16.8. The van der Waals surface area contributed by atoms with Gasteiger partial charge >= 0.3 is 0 Å². The monoisotopic (exact) mass is 405 g/mol. The number of hydrogen-bond acceptors (Lipinski definition) is 3. The minimum atomic E-state index is -0.817. The van der Waals surface area contributed by atoms with Crippen molar-refractivity contribution in [3.63, 3.8) is 0 Å². The van der Waals surface area contributed by atoms with E-state index in [1.807, 2.05) is 34.9 Å². The van der Waals surface area contributed by atoms with Gasteiger partial charge in [-0.1, -0.05) is 42.0 Å². The number of nitrogens with one attached hydrogen (secondary N) is 1. The fraction of sp³-hybridized carbons (Fsp3) is 0.208. The molecule has 1 atom stereocenters. The molecule has 0 radical (unpaired) electrons. The second-order valence-electron chi connectivity index (χ2n) is 7.42. The van der Waals surface area contributed by atoms with Crippen LogP contribution < -0.4 is 10.4 Å². The van der Waals surface area contributed by atoms with Crippen molar-refractivity contribution in [1.29, 1.82) is 5.41 Å². The number of fused-ring (bicyclic) bond motifs is 1. The molecule has 0 amide bonds. The van der Waals surface area contributed by atoms with E-state index in [-0.39, 0.29) is 19.0 Å². The Balaban J connectivity index is 1.57. The van der Waals surface area contributed by atoms with Crippen molar-refractivity contribution in [2.24, 2.45) is 0 Å². The number of hydrogen-bond donors (Lipinski definition) is 2. The summed E-state index contributed by atoms with van der Waals surface area (Å²) in [5.74, 6) is 0.159. The lowest BCUT2D eigenvalue weighted by Crippen LogP contribution is -2.31. The second kappa shape index (κ2) is 8.55. The third-order valence-electron chi connectivity index (χ3n) is 5.05. The van der Waals surface area contributed by atoms with Crippen molar-refractivity contribution in [3.8, 4) is 5.75 Å². The van der Waals surface area contributed by atoms with Crippen molar-refractivity contribution in [2.75, 3.05) is 6.61 Å². The van der Waals surface area contributed by atoms with Crippen LogP contribution in [0.25, 0.3) is 11.0 Å². The number of aromatic nitrogens is 2. The van der Waals surface area contributed by atoms with Gasteiger partial charge in [-0.15, -0.1) is 0 Å². The van der Waals surface area contributed by atoms with Crippen LogP contribution in [0.3, 0.4) is 0 Å². The number of imidazole rings is 1. The summed E-state index contributed by atoms with van der Waals surface area (Å²) >= 11 is 0. The molecule has 0 aliphatic rings. The Morgan fingerprint density at radius 1 is 0.967 bits per heavy atom. The van der Waals surface area contributed by atoms with Crippen molar-refractivity contribution in [1.82, 2.24) is 9.13 Å². The molecule has 4 rings (SSSR count). The Labute approximate surface area is 174 Å². The topological polar surface area (TPSA) is 63.2 Å². The summed E-state index contributed by atoms with van der Waals surface area (Å²) in [6, 6.07) is 21.7. The molecule has 0 aliphatic heterocycles. The van der Waals surface area contributed by atoms with E-state index in [0.29, 0.717) is 17.9 Å². The molecule has 4 aromatic rings. The van der Waals surface area contributed by atoms with E-state index in [0.717, 1.165) is 16.6 Å². The molecular formula is C24H24FN3O2. The highest BCUT2D eigenvalue weighted by atomic mass is 19.1. The average Bonchev–Trinajstić information content (AvgIpc) is 2.99. The van der Waals surface area contributed by atoms with Crippen LogP contribution in [-0.2, 0) is 13.1 Å². The minimum Gasteiger partial charge on any atom is -0.491 e. The fourth-order valence-corrected chi connectivity index (χ4v) is 3.62. The summed E-state index contributed by atoms with van der Waals surface area (Å²) < 4.78 is 22.3. The fourth-order valence-electron chi connectivity index (χ4n) is 3.62. The van der Waals surface area contributed by atoms with Crippen molar-refractivity contribution in [3.05, 3.63) is 95.4 Å². The number of halogens is 1. The van der Waals surface area contributed by atoms with Gasteiger partial charge in [-0.25, -0.2) is 4.39 Å². The number of aliphatic hydroxyl groups excluding tert-OH is 1. The van der Waals surface area contributed by atoms with Gasteiger partial charge in [-0.2, -0.15) is 0 Å². The quantitative estimate of drug-likeness (QED) is 0.490. The summed E-state index contributed by atoms with van der Waals surface area (Å²) in [6.07, 6.45) is -0.817. The number of nitrogens with zero attached hydrogens (tertiary/aromatic N) is 2. The van der Waals surface area contributed by atoms with E-state index in [2.05, 4.69) is 25.1 Å². The van der Waals surface area contributed by atoms with Gasteiger partial charge in [0.1, 0.15) is 24.3 Å². The van der Waals surface area contributed by atoms with Crippen LogP contribution in [0.2, 0.25) is 0 Å². The smallest absolute Gasteiger partial charge is 0.203 e. The standard InChI is InChI=1S/C24H24FN3O2/c1-17-5-4-6-18(13-17)14-27-22-7-2-3-8-23(22)28(24(27)26)15-20(29)16-30-21-11-9-19(25)10-12-21/h2-13,20,26,29H,14-16H2,1H3. The van der Waals surface area contributed by atoms with Gasteiger partial charge < -0.3 is 19.0 Å². The first-order valence-corrected chi connectivity index (χ1v) is 9.86. The predicted octanol–water partition coefficient (Wildman–Crippen LogP) is 3.86. The third-order valence-corrected chi connectivity index (χ3v) is 5.05. The molecule has 1 unspecified atom stereocenters. The number of aliphatic hydroxyl groups is 1. The molecule has 0 aliphatic carbocycles. The van der Waals surface area contributed by atoms with E-state index in [9.17, 15) is 9.50 Å². The van der Waals surface area contributed by atoms with Gasteiger partial charge in [0.2, 0.25) is 5.62 Å². The Kier molecular flexibility index (Phi) is 5.68. The number of aryl methyl sites for hydroxylation is 1. The van der Waals surface area contributed by atoms with Crippen LogP contribution in [0, 0.1) is 18.2 Å². The highest BCUT2D eigenvalue weighted by Gasteiger charge is 2.15. The van der Waals surface area contributed by atoms with Crippen LogP contribution in [0.15, 0.2) is 72.8 Å². The van der Waals surface area contributed by atoms with Gasteiger partial charge in [-0.05, 0) is 48.9 Å². The van der Waals surface area contributed by atoms with Crippen molar-refractivity contribution in [2.45, 2.75) is 26.1 Å². The zero-order valence-corrected chi connectivity index (χ0v) is 16.8. The third kappa shape index (κ3) is 4.28. The molecule has 1 heterocycles. The molecule has 0 saturated carbocycles. The number of para-hydroxylation sites is 2. The first kappa shape index (κ1) is 19.9. The highest BCUT2D eigenvalue weighted by Crippen LogP contribution is 2.16. The molecule has 1 aromatic heterocycles. The molecule has 5 nitrogen and oxygen atoms in total. The largest absolute Gasteiger partial charge is 0.491 e. The SMILES string of the molecule is Cc1cccc(Cn2c(=N)n(CC(O)COc3ccc(F)cc3)c3ccccc32)c1. The second-order valence-corrected chi connectivity index (χ2v) is 7.42. The molecule has 0 fully saturated rings. The van der Waals surface area contributed by atoms with Crippen LogP contribution >= 0.6 is 0 Å². The summed E-state index contributed by atoms with van der Waals surface area (Å²) in [6.45, 7) is 2.91. The lowest BCUT2D eigenvalue weighted by molar-refractivity contribution is 0.0921. The molecule has 3 aromatic carbocycles. The van der Waals surface area contributed by atoms with Gasteiger partial charge in [0.05, 0.1) is 24.1 Å². The van der Waals surface area contributed by atoms with Gasteiger partial charge in [-0.3, -0.25) is 5.41 Å². The predicted molar refractivity (Wildman–Crippen MR) is 114 cm³/mol. The minimum absolute atomic E-state index is 0.0511. The van der Waals surface area contributed by atoms with E-state index in [4.69, 9.17) is 10.1 Å². The number of ether oxygens (including phenoxy) is 1. The first-order chi connectivity index (χ1) is 14.5. The lowest BCUT2D eigenvalue weighted by Gasteiger charge is -2.14. The number of rotatable bonds is 7. The lowest BCUT2D eigenvalue weighted by atomic mass is 10.1. The highest BCUT2D eigenvalue weighted by molar-refractivity contribution is 5.76. The normalized spacial score (nSPS) is 12.2. The molecule has 0 saturated heterocycles. The van der Waals surface area contributed by atoms with Crippen molar-refractivity contribution >= 4 is 11.0 Å². The van der Waals surface area contributed by atoms with E-state index < -0.39 is 6.10 Å². The zero-order chi connectivity index (χ0) is 21.1. The van der Waals surface area contributed by atoms with E-state index in [1.165, 1.54) is 29.8 Å². The van der Waals surface area contributed by atoms with Crippen LogP contribution in [-0.4, -0.2) is 27.0 Å². The number of benzene rings is 3. The van der Waals surface area contributed by atoms with E-state index >= 15 is 0 Å². The summed E-state index contributed by atoms with van der Waals surface area (Å²) in [5.41, 5.74) is 4.44. The van der Waals surface area contributed by atoms with Gasteiger partial charge in [0.15, 0.2) is 0 Å². The molecule has 0 spiro atoms. The van der Waals surface area contributed by atoms with E-state index in [1.54, 1.807) is 4.57 Å². The van der Waals surface area contributed by atoms with Gasteiger partial charge in [0, 0.05) is 0 Å². The van der Waals surface area contributed by atoms with Crippen LogP contribution in [0.5, 0.6) is 5.75 Å². The Morgan fingerprint density at radius 3 is 2.37 bits per heavy atom. The molecule has 6 heteroatoms. The van der Waals surface area contributed by atoms with Crippen LogP contribution in [0.4, 0.5) is 4.39 Å². The molecule has 30 heavy (non-hydrogen) atoms. The van der Waals surface area contributed by atoms with Crippen LogP contribution in [0.1, 0.15) is 11.1 Å². The first-order valence-electron chi connectivity index (χ1n) is 9.86. The van der Waals surface area contributed by atoms with Gasteiger partial charge in [0.25, 0.3) is 0 Å². The Bertz CT molecular complexity index is 1210. The summed E-state index contributed by atoms with van der Waals surface area (Å²) in [4.78, 5) is 0. The molecule has 154 valence electrons. The Hall–Kier alpha value is -3.38. The summed E-state index contributed by atoms with van der Waals surface area (Å²) in [7, 11) is 0. The molecule has 2 N–H and O–H groups in total. The maximum atomic E-state index is 13.0. The maximum absolute atomic E-state index is 13.0. The molecule has 0 bridgehead atoms. The van der Waals surface area contributed by atoms with Crippen molar-refractivity contribution < 1.29 is 14.2 Å².